The molecule has 1 aromatic rings. The zero-order chi connectivity index (χ0) is 11.5. The lowest BCUT2D eigenvalue weighted by Crippen LogP contribution is -2.35. The number of rotatable bonds is 2. The number of aromatic nitrogens is 1. The standard InChI is InChI=1S/C14H22N2/c1-11(2)13-6-9-16(10-7-13)14-5-4-8-15-12(14)3/h4-5,8,11,13H,6-7,9-10H2,1-3H3. The number of hydrogen-bond donors (Lipinski definition) is 0. The van der Waals surface area contributed by atoms with Crippen molar-refractivity contribution in [3.05, 3.63) is 24.0 Å². The molecule has 0 saturated carbocycles. The van der Waals surface area contributed by atoms with Gasteiger partial charge < -0.3 is 4.90 Å². The van der Waals surface area contributed by atoms with Crippen molar-refractivity contribution in [2.45, 2.75) is 33.6 Å². The molecule has 0 bridgehead atoms. The molecule has 2 rings (SSSR count). The molecular formula is C14H22N2. The first-order valence-corrected chi connectivity index (χ1v) is 6.35. The average Bonchev–Trinajstić information content (AvgIpc) is 2.30. The van der Waals surface area contributed by atoms with Gasteiger partial charge in [-0.2, -0.15) is 0 Å². The quantitative estimate of drug-likeness (QED) is 0.757. The minimum Gasteiger partial charge on any atom is -0.370 e. The Hall–Kier alpha value is -1.05. The largest absolute Gasteiger partial charge is 0.370 e. The SMILES string of the molecule is Cc1ncccc1N1CCC(C(C)C)CC1. The van der Waals surface area contributed by atoms with Crippen molar-refractivity contribution in [1.29, 1.82) is 0 Å². The van der Waals surface area contributed by atoms with Crippen molar-refractivity contribution in [3.8, 4) is 0 Å². The molecule has 1 aromatic heterocycles. The summed E-state index contributed by atoms with van der Waals surface area (Å²) in [5, 5.41) is 0. The molecule has 1 aliphatic heterocycles. The Labute approximate surface area is 98.7 Å². The molecule has 16 heavy (non-hydrogen) atoms. The highest BCUT2D eigenvalue weighted by atomic mass is 15.1. The molecule has 0 radical (unpaired) electrons. The lowest BCUT2D eigenvalue weighted by atomic mass is 9.86. The van der Waals surface area contributed by atoms with Gasteiger partial charge in [-0.1, -0.05) is 13.8 Å². The van der Waals surface area contributed by atoms with Crippen LogP contribution in [0.15, 0.2) is 18.3 Å². The Kier molecular flexibility index (Phi) is 3.47. The van der Waals surface area contributed by atoms with Crippen LogP contribution in [0.5, 0.6) is 0 Å². The molecule has 0 aliphatic carbocycles. The number of nitrogens with zero attached hydrogens (tertiary/aromatic N) is 2. The monoisotopic (exact) mass is 218 g/mol. The van der Waals surface area contributed by atoms with Crippen LogP contribution in [-0.2, 0) is 0 Å². The Morgan fingerprint density at radius 3 is 2.56 bits per heavy atom. The third kappa shape index (κ3) is 2.37. The van der Waals surface area contributed by atoms with Crippen LogP contribution >= 0.6 is 0 Å². The van der Waals surface area contributed by atoms with Gasteiger partial charge in [0.25, 0.3) is 0 Å². The number of aryl methyl sites for hydroxylation is 1. The second-order valence-corrected chi connectivity index (χ2v) is 5.18. The predicted molar refractivity (Wildman–Crippen MR) is 68.7 cm³/mol. The molecule has 0 N–H and O–H groups in total. The first kappa shape index (κ1) is 11.4. The fourth-order valence-electron chi connectivity index (χ4n) is 2.62. The minimum atomic E-state index is 0.831. The zero-order valence-electron chi connectivity index (χ0n) is 10.6. The van der Waals surface area contributed by atoms with E-state index in [1.807, 2.05) is 12.3 Å². The summed E-state index contributed by atoms with van der Waals surface area (Å²) in [5.74, 6) is 1.74. The van der Waals surface area contributed by atoms with Gasteiger partial charge in [-0.3, -0.25) is 4.98 Å². The van der Waals surface area contributed by atoms with Gasteiger partial charge in [0.1, 0.15) is 0 Å². The maximum Gasteiger partial charge on any atom is 0.0605 e. The Balaban J connectivity index is 2.02. The van der Waals surface area contributed by atoms with Crippen LogP contribution in [0.3, 0.4) is 0 Å². The van der Waals surface area contributed by atoms with Gasteiger partial charge in [-0.05, 0) is 43.7 Å². The highest BCUT2D eigenvalue weighted by molar-refractivity contribution is 5.50. The fraction of sp³-hybridized carbons (Fsp3) is 0.643. The van der Waals surface area contributed by atoms with E-state index in [0.717, 1.165) is 17.5 Å². The average molecular weight is 218 g/mol. The molecule has 0 aromatic carbocycles. The van der Waals surface area contributed by atoms with E-state index in [1.54, 1.807) is 0 Å². The van der Waals surface area contributed by atoms with E-state index in [9.17, 15) is 0 Å². The van der Waals surface area contributed by atoms with Gasteiger partial charge in [0.2, 0.25) is 0 Å². The van der Waals surface area contributed by atoms with Crippen LogP contribution in [0.1, 0.15) is 32.4 Å². The highest BCUT2D eigenvalue weighted by Gasteiger charge is 2.22. The van der Waals surface area contributed by atoms with Crippen molar-refractivity contribution < 1.29 is 0 Å². The summed E-state index contributed by atoms with van der Waals surface area (Å²) in [4.78, 5) is 6.85. The molecule has 2 heteroatoms. The lowest BCUT2D eigenvalue weighted by Gasteiger charge is -2.35. The third-order valence-corrected chi connectivity index (χ3v) is 3.80. The molecule has 1 aliphatic rings. The van der Waals surface area contributed by atoms with Gasteiger partial charge in [0.05, 0.1) is 11.4 Å². The maximum absolute atomic E-state index is 4.37. The molecule has 0 unspecified atom stereocenters. The first-order valence-electron chi connectivity index (χ1n) is 6.35. The first-order chi connectivity index (χ1) is 7.68. The molecule has 88 valence electrons. The van der Waals surface area contributed by atoms with Crippen LogP contribution < -0.4 is 4.90 Å². The van der Waals surface area contributed by atoms with E-state index in [2.05, 4.69) is 36.7 Å². The van der Waals surface area contributed by atoms with Gasteiger partial charge >= 0.3 is 0 Å². The molecule has 1 saturated heterocycles. The number of anilines is 1. The van der Waals surface area contributed by atoms with Crippen molar-refractivity contribution in [2.24, 2.45) is 11.8 Å². The minimum absolute atomic E-state index is 0.831. The molecular weight excluding hydrogens is 196 g/mol. The van der Waals surface area contributed by atoms with Gasteiger partial charge in [0, 0.05) is 19.3 Å². The van der Waals surface area contributed by atoms with Crippen molar-refractivity contribution in [2.75, 3.05) is 18.0 Å². The Morgan fingerprint density at radius 2 is 2.00 bits per heavy atom. The van der Waals surface area contributed by atoms with E-state index in [0.29, 0.717) is 0 Å². The van der Waals surface area contributed by atoms with E-state index in [1.165, 1.54) is 31.6 Å². The van der Waals surface area contributed by atoms with Crippen LogP contribution in [-0.4, -0.2) is 18.1 Å². The molecule has 2 heterocycles. The van der Waals surface area contributed by atoms with E-state index in [-0.39, 0.29) is 0 Å². The fourth-order valence-corrected chi connectivity index (χ4v) is 2.62. The smallest absolute Gasteiger partial charge is 0.0605 e. The predicted octanol–water partition coefficient (Wildman–Crippen LogP) is 3.26. The number of pyridine rings is 1. The molecule has 0 amide bonds. The van der Waals surface area contributed by atoms with Crippen LogP contribution in [0.4, 0.5) is 5.69 Å². The summed E-state index contributed by atoms with van der Waals surface area (Å²) in [6.07, 6.45) is 4.53. The van der Waals surface area contributed by atoms with Crippen molar-refractivity contribution >= 4 is 5.69 Å². The van der Waals surface area contributed by atoms with E-state index >= 15 is 0 Å². The van der Waals surface area contributed by atoms with Crippen LogP contribution in [0, 0.1) is 18.8 Å². The highest BCUT2D eigenvalue weighted by Crippen LogP contribution is 2.28. The van der Waals surface area contributed by atoms with Gasteiger partial charge in [-0.25, -0.2) is 0 Å². The van der Waals surface area contributed by atoms with Crippen molar-refractivity contribution in [3.63, 3.8) is 0 Å². The maximum atomic E-state index is 4.37. The van der Waals surface area contributed by atoms with Gasteiger partial charge in [-0.15, -0.1) is 0 Å². The number of hydrogen-bond acceptors (Lipinski definition) is 2. The summed E-state index contributed by atoms with van der Waals surface area (Å²) < 4.78 is 0. The molecule has 0 spiro atoms. The van der Waals surface area contributed by atoms with E-state index in [4.69, 9.17) is 0 Å². The Morgan fingerprint density at radius 1 is 1.31 bits per heavy atom. The molecule has 0 atom stereocenters. The van der Waals surface area contributed by atoms with Gasteiger partial charge in [0.15, 0.2) is 0 Å². The second kappa shape index (κ2) is 4.86. The molecule has 1 fully saturated rings. The van der Waals surface area contributed by atoms with Crippen LogP contribution in [0.25, 0.3) is 0 Å². The normalized spacial score (nSPS) is 18.1. The third-order valence-electron chi connectivity index (χ3n) is 3.80. The van der Waals surface area contributed by atoms with Crippen molar-refractivity contribution in [1.82, 2.24) is 4.98 Å². The molecule has 2 nitrogen and oxygen atoms in total. The Bertz CT molecular complexity index is 338. The topological polar surface area (TPSA) is 16.1 Å². The van der Waals surface area contributed by atoms with Crippen LogP contribution in [0.2, 0.25) is 0 Å². The van der Waals surface area contributed by atoms with E-state index < -0.39 is 0 Å². The summed E-state index contributed by atoms with van der Waals surface area (Å²) in [6.45, 7) is 9.17. The zero-order valence-corrected chi connectivity index (χ0v) is 10.6. The lowest BCUT2D eigenvalue weighted by molar-refractivity contribution is 0.311. The summed E-state index contributed by atoms with van der Waals surface area (Å²) in [6, 6.07) is 4.23. The number of piperidine rings is 1. The summed E-state index contributed by atoms with van der Waals surface area (Å²) in [5.41, 5.74) is 2.48. The summed E-state index contributed by atoms with van der Waals surface area (Å²) in [7, 11) is 0. The second-order valence-electron chi connectivity index (χ2n) is 5.18. The summed E-state index contributed by atoms with van der Waals surface area (Å²) >= 11 is 0.